The summed E-state index contributed by atoms with van der Waals surface area (Å²) in [6, 6.07) is 7.37. The van der Waals surface area contributed by atoms with E-state index in [2.05, 4.69) is 15.6 Å². The third-order valence-electron chi connectivity index (χ3n) is 2.85. The highest BCUT2D eigenvalue weighted by molar-refractivity contribution is 5.82. The van der Waals surface area contributed by atoms with E-state index in [1.165, 1.54) is 37.6 Å². The summed E-state index contributed by atoms with van der Waals surface area (Å²) in [5.41, 5.74) is 7.38. The number of hydrogen-bond donors (Lipinski definition) is 2. The van der Waals surface area contributed by atoms with Crippen molar-refractivity contribution in [2.75, 3.05) is 7.11 Å². The number of nitro groups is 2. The zero-order valence-corrected chi connectivity index (χ0v) is 12.8. The first kappa shape index (κ1) is 17.4. The highest BCUT2D eigenvalue weighted by atomic mass is 16.7. The van der Waals surface area contributed by atoms with Crippen molar-refractivity contribution in [3.8, 4) is 17.1 Å². The largest absolute Gasteiger partial charge is 0.497 e. The van der Waals surface area contributed by atoms with Gasteiger partial charge >= 0.3 is 0 Å². The van der Waals surface area contributed by atoms with Gasteiger partial charge in [0.25, 0.3) is 11.6 Å². The van der Waals surface area contributed by atoms with Gasteiger partial charge in [-0.2, -0.15) is 5.10 Å². The van der Waals surface area contributed by atoms with Crippen molar-refractivity contribution in [2.45, 2.75) is 0 Å². The molecule has 0 atom stereocenters. The number of nitrogens with two attached hydrogens (primary N) is 1. The smallest absolute Gasteiger partial charge is 0.286 e. The van der Waals surface area contributed by atoms with Gasteiger partial charge in [0.05, 0.1) is 29.9 Å². The molecule has 0 unspecified atom stereocenters. The summed E-state index contributed by atoms with van der Waals surface area (Å²) in [5, 5.41) is 26.7. The molecule has 3 N–H and O–H groups in total. The maximum Gasteiger partial charge on any atom is 0.286 e. The highest BCUT2D eigenvalue weighted by Gasteiger charge is 2.19. The van der Waals surface area contributed by atoms with Gasteiger partial charge in [-0.15, -0.1) is 0 Å². The molecule has 2 aromatic rings. The van der Waals surface area contributed by atoms with Crippen LogP contribution in [0.2, 0.25) is 0 Å². The maximum absolute atomic E-state index is 11.2. The Labute approximate surface area is 139 Å². The Bertz CT molecular complexity index is 858. The molecule has 0 aliphatic rings. The first-order valence-corrected chi connectivity index (χ1v) is 6.61. The van der Waals surface area contributed by atoms with Crippen LogP contribution in [0.5, 0.6) is 5.75 Å². The van der Waals surface area contributed by atoms with Crippen molar-refractivity contribution in [3.63, 3.8) is 0 Å². The Balaban J connectivity index is 2.21. The van der Waals surface area contributed by atoms with Gasteiger partial charge in [-0.3, -0.25) is 10.1 Å². The summed E-state index contributed by atoms with van der Waals surface area (Å²) in [6.45, 7) is 0. The highest BCUT2D eigenvalue weighted by Crippen LogP contribution is 2.33. The molecule has 12 nitrogen and oxygen atoms in total. The van der Waals surface area contributed by atoms with Crippen molar-refractivity contribution in [1.82, 2.24) is 5.43 Å². The van der Waals surface area contributed by atoms with Crippen molar-refractivity contribution >= 4 is 17.9 Å². The zero-order valence-electron chi connectivity index (χ0n) is 12.8. The normalized spacial score (nSPS) is 11.5. The van der Waals surface area contributed by atoms with Crippen LogP contribution in [-0.4, -0.2) is 29.2 Å². The molecule has 1 aromatic carbocycles. The third kappa shape index (κ3) is 4.51. The number of ether oxygens (including phenoxy) is 1. The fourth-order valence-electron chi connectivity index (χ4n) is 1.84. The van der Waals surface area contributed by atoms with Gasteiger partial charge < -0.3 is 14.9 Å². The second-order valence-electron chi connectivity index (χ2n) is 4.44. The van der Waals surface area contributed by atoms with Crippen molar-refractivity contribution in [3.05, 3.63) is 56.3 Å². The van der Waals surface area contributed by atoms with Gasteiger partial charge in [0.2, 0.25) is 0 Å². The first-order valence-electron chi connectivity index (χ1n) is 6.61. The van der Waals surface area contributed by atoms with E-state index in [0.717, 1.165) is 0 Å². The number of nitro benzene ring substituents is 1. The molecule has 0 aliphatic heterocycles. The SMILES string of the molecule is COc1ccc(-c2ccc(/C=N/N/C(N)=N/[N+](=O)[O-])o2)c([N+](=O)[O-])c1. The molecule has 0 radical (unpaired) electrons. The van der Waals surface area contributed by atoms with Crippen LogP contribution in [0, 0.1) is 20.2 Å². The summed E-state index contributed by atoms with van der Waals surface area (Å²) in [7, 11) is 1.40. The number of nitrogens with zero attached hydrogens (tertiary/aromatic N) is 4. The van der Waals surface area contributed by atoms with E-state index in [9.17, 15) is 20.2 Å². The van der Waals surface area contributed by atoms with Crippen LogP contribution in [0.1, 0.15) is 5.76 Å². The van der Waals surface area contributed by atoms with Gasteiger partial charge in [0.15, 0.2) is 5.03 Å². The van der Waals surface area contributed by atoms with Crippen molar-refractivity contribution in [2.24, 2.45) is 15.9 Å². The second-order valence-corrected chi connectivity index (χ2v) is 4.44. The molecule has 1 heterocycles. The Morgan fingerprint density at radius 1 is 1.32 bits per heavy atom. The first-order chi connectivity index (χ1) is 11.9. The zero-order chi connectivity index (χ0) is 18.4. The standard InChI is InChI=1S/C13H12N6O6/c1-24-8-2-4-10(11(6-8)18(20)21)12-5-3-9(25-12)7-15-16-13(14)17-19(22)23/h2-7H,1H3,(H3,14,16,17)/b15-7+. The molecule has 1 aromatic heterocycles. The minimum atomic E-state index is -0.980. The summed E-state index contributed by atoms with van der Waals surface area (Å²) in [6.07, 6.45) is 1.18. The van der Waals surface area contributed by atoms with Gasteiger partial charge in [-0.25, -0.2) is 15.5 Å². The molecule has 25 heavy (non-hydrogen) atoms. The maximum atomic E-state index is 11.2. The van der Waals surface area contributed by atoms with Crippen LogP contribution < -0.4 is 15.9 Å². The van der Waals surface area contributed by atoms with E-state index < -0.39 is 15.9 Å². The van der Waals surface area contributed by atoms with Crippen LogP contribution in [0.4, 0.5) is 5.69 Å². The lowest BCUT2D eigenvalue weighted by Crippen LogP contribution is -2.28. The molecular formula is C13H12N6O6. The van der Waals surface area contributed by atoms with Crippen LogP contribution in [0.15, 0.2) is 45.0 Å². The molecule has 0 saturated heterocycles. The number of furan rings is 1. The van der Waals surface area contributed by atoms with E-state index in [-0.39, 0.29) is 22.8 Å². The summed E-state index contributed by atoms with van der Waals surface area (Å²) < 4.78 is 10.4. The Hall–Kier alpha value is -3.96. The number of guanidine groups is 1. The average Bonchev–Trinajstić information content (AvgIpc) is 3.02. The number of hydrazone groups is 2. The number of nitrogens with one attached hydrogen (secondary N) is 1. The second kappa shape index (κ2) is 7.54. The van der Waals surface area contributed by atoms with Gasteiger partial charge in [0, 0.05) is 0 Å². The molecule has 0 fully saturated rings. The summed E-state index contributed by atoms with van der Waals surface area (Å²) in [4.78, 5) is 20.7. The molecule has 0 amide bonds. The Morgan fingerprint density at radius 3 is 2.72 bits per heavy atom. The van der Waals surface area contributed by atoms with Gasteiger partial charge in [-0.1, -0.05) is 0 Å². The van der Waals surface area contributed by atoms with Gasteiger partial charge in [-0.05, 0) is 24.3 Å². The van der Waals surface area contributed by atoms with Crippen LogP contribution in [0.3, 0.4) is 0 Å². The quantitative estimate of drug-likeness (QED) is 0.340. The van der Waals surface area contributed by atoms with E-state index in [1.807, 2.05) is 0 Å². The van der Waals surface area contributed by atoms with Crippen LogP contribution in [0.25, 0.3) is 11.3 Å². The molecule has 2 rings (SSSR count). The lowest BCUT2D eigenvalue weighted by molar-refractivity contribution is -0.485. The third-order valence-corrected chi connectivity index (χ3v) is 2.85. The van der Waals surface area contributed by atoms with Crippen LogP contribution >= 0.6 is 0 Å². The van der Waals surface area contributed by atoms with E-state index in [1.54, 1.807) is 6.07 Å². The van der Waals surface area contributed by atoms with Gasteiger partial charge in [0.1, 0.15) is 22.4 Å². The molecule has 130 valence electrons. The summed E-state index contributed by atoms with van der Waals surface area (Å²) >= 11 is 0. The lowest BCUT2D eigenvalue weighted by Gasteiger charge is -2.03. The van der Waals surface area contributed by atoms with Crippen molar-refractivity contribution in [1.29, 1.82) is 0 Å². The number of rotatable bonds is 6. The monoisotopic (exact) mass is 348 g/mol. The Morgan fingerprint density at radius 2 is 2.08 bits per heavy atom. The molecular weight excluding hydrogens is 336 g/mol. The molecule has 0 spiro atoms. The minimum absolute atomic E-state index is 0.183. The minimum Gasteiger partial charge on any atom is -0.497 e. The number of benzene rings is 1. The predicted octanol–water partition coefficient (Wildman–Crippen LogP) is 1.29. The number of methoxy groups -OCH3 is 1. The summed E-state index contributed by atoms with van der Waals surface area (Å²) in [5.74, 6) is 0.302. The van der Waals surface area contributed by atoms with Crippen LogP contribution in [-0.2, 0) is 0 Å². The number of hydrogen-bond acceptors (Lipinski definition) is 7. The molecule has 12 heteroatoms. The predicted molar refractivity (Wildman–Crippen MR) is 86.7 cm³/mol. The lowest BCUT2D eigenvalue weighted by atomic mass is 10.1. The van der Waals surface area contributed by atoms with E-state index >= 15 is 0 Å². The molecule has 0 bridgehead atoms. The van der Waals surface area contributed by atoms with E-state index in [0.29, 0.717) is 5.75 Å². The molecule has 0 aliphatic carbocycles. The fourth-order valence-corrected chi connectivity index (χ4v) is 1.84. The topological polar surface area (TPSA) is 171 Å². The average molecular weight is 348 g/mol. The molecule has 0 saturated carbocycles. The fraction of sp³-hybridized carbons (Fsp3) is 0.0769. The van der Waals surface area contributed by atoms with E-state index in [4.69, 9.17) is 14.9 Å². The Kier molecular flexibility index (Phi) is 5.25. The van der Waals surface area contributed by atoms with Crippen molar-refractivity contribution < 1.29 is 19.1 Å².